The van der Waals surface area contributed by atoms with Crippen molar-refractivity contribution in [3.63, 3.8) is 0 Å². The maximum atomic E-state index is 13.6. The van der Waals surface area contributed by atoms with Crippen LogP contribution in [0.1, 0.15) is 36.4 Å². The van der Waals surface area contributed by atoms with Crippen LogP contribution < -0.4 is 10.6 Å². The lowest BCUT2D eigenvalue weighted by molar-refractivity contribution is -0.134. The second kappa shape index (κ2) is 7.42. The third kappa shape index (κ3) is 3.54. The predicted octanol–water partition coefficient (Wildman–Crippen LogP) is 3.13. The summed E-state index contributed by atoms with van der Waals surface area (Å²) in [5.74, 6) is -3.50. The van der Waals surface area contributed by atoms with E-state index in [9.17, 15) is 22.8 Å². The smallest absolute Gasteiger partial charge is 0.246 e. The first kappa shape index (κ1) is 18.9. The zero-order valence-corrected chi connectivity index (χ0v) is 14.7. The summed E-state index contributed by atoms with van der Waals surface area (Å²) in [5, 5.41) is 5.07. The standard InChI is InChI=1S/C20H19F3N2O2/c1-24-18(26)17(12-3-8-15(22)16(23)11-12)25-19(27)20(9-2-10-20)13-4-6-14(21)7-5-13/h3-8,11,17H,2,9-10H2,1H3,(H,24,26)(H,25,27). The Morgan fingerprint density at radius 2 is 1.67 bits per heavy atom. The van der Waals surface area contributed by atoms with Crippen LogP contribution in [0.3, 0.4) is 0 Å². The number of nitrogens with one attached hydrogen (secondary N) is 2. The van der Waals surface area contributed by atoms with E-state index >= 15 is 0 Å². The molecule has 1 fully saturated rings. The molecule has 27 heavy (non-hydrogen) atoms. The van der Waals surface area contributed by atoms with E-state index in [0.29, 0.717) is 18.4 Å². The molecule has 0 radical (unpaired) electrons. The molecular formula is C20H19F3N2O2. The fourth-order valence-electron chi connectivity index (χ4n) is 3.35. The number of hydrogen-bond acceptors (Lipinski definition) is 2. The molecular weight excluding hydrogens is 357 g/mol. The Bertz CT molecular complexity index is 864. The lowest BCUT2D eigenvalue weighted by atomic mass is 9.63. The Balaban J connectivity index is 1.90. The van der Waals surface area contributed by atoms with E-state index in [4.69, 9.17) is 0 Å². The van der Waals surface area contributed by atoms with Crippen molar-refractivity contribution in [2.45, 2.75) is 30.7 Å². The topological polar surface area (TPSA) is 58.2 Å². The summed E-state index contributed by atoms with van der Waals surface area (Å²) < 4.78 is 40.1. The Kier molecular flexibility index (Phi) is 5.21. The van der Waals surface area contributed by atoms with Gasteiger partial charge < -0.3 is 10.6 Å². The minimum Gasteiger partial charge on any atom is -0.357 e. The van der Waals surface area contributed by atoms with Crippen molar-refractivity contribution in [2.75, 3.05) is 7.05 Å². The van der Waals surface area contributed by atoms with Crippen LogP contribution in [-0.4, -0.2) is 18.9 Å². The lowest BCUT2D eigenvalue weighted by Gasteiger charge is -2.41. The van der Waals surface area contributed by atoms with Gasteiger partial charge in [-0.25, -0.2) is 13.2 Å². The Labute approximate surface area is 154 Å². The second-order valence-corrected chi connectivity index (χ2v) is 6.64. The molecule has 0 aliphatic heterocycles. The highest BCUT2D eigenvalue weighted by atomic mass is 19.2. The van der Waals surface area contributed by atoms with Gasteiger partial charge in [0.2, 0.25) is 11.8 Å². The fraction of sp³-hybridized carbons (Fsp3) is 0.300. The molecule has 0 spiro atoms. The molecule has 4 nitrogen and oxygen atoms in total. The Morgan fingerprint density at radius 3 is 2.19 bits per heavy atom. The summed E-state index contributed by atoms with van der Waals surface area (Å²) in [4.78, 5) is 25.3. The van der Waals surface area contributed by atoms with Crippen LogP contribution in [0.25, 0.3) is 0 Å². The maximum absolute atomic E-state index is 13.6. The molecule has 1 aliphatic carbocycles. The van der Waals surface area contributed by atoms with Crippen molar-refractivity contribution >= 4 is 11.8 Å². The van der Waals surface area contributed by atoms with Gasteiger partial charge in [-0.1, -0.05) is 24.6 Å². The van der Waals surface area contributed by atoms with Crippen LogP contribution in [0.5, 0.6) is 0 Å². The van der Waals surface area contributed by atoms with Gasteiger partial charge >= 0.3 is 0 Å². The molecule has 2 N–H and O–H groups in total. The van der Waals surface area contributed by atoms with Crippen LogP contribution >= 0.6 is 0 Å². The zero-order chi connectivity index (χ0) is 19.6. The van der Waals surface area contributed by atoms with Gasteiger partial charge in [0.1, 0.15) is 11.9 Å². The van der Waals surface area contributed by atoms with Gasteiger partial charge in [-0.3, -0.25) is 9.59 Å². The molecule has 1 aliphatic rings. The summed E-state index contributed by atoms with van der Waals surface area (Å²) in [6.07, 6.45) is 1.94. The van der Waals surface area contributed by atoms with E-state index in [2.05, 4.69) is 10.6 Å². The van der Waals surface area contributed by atoms with Crippen molar-refractivity contribution in [3.8, 4) is 0 Å². The van der Waals surface area contributed by atoms with Crippen molar-refractivity contribution in [2.24, 2.45) is 0 Å². The van der Waals surface area contributed by atoms with E-state index in [1.807, 2.05) is 0 Å². The van der Waals surface area contributed by atoms with Gasteiger partial charge in [-0.2, -0.15) is 0 Å². The average Bonchev–Trinajstić information content (AvgIpc) is 2.62. The highest BCUT2D eigenvalue weighted by Gasteiger charge is 2.46. The van der Waals surface area contributed by atoms with E-state index in [1.165, 1.54) is 25.2 Å². The molecule has 1 atom stereocenters. The van der Waals surface area contributed by atoms with Crippen LogP contribution in [0.4, 0.5) is 13.2 Å². The van der Waals surface area contributed by atoms with Gasteiger partial charge in [0.05, 0.1) is 5.41 Å². The quantitative estimate of drug-likeness (QED) is 0.842. The molecule has 0 bridgehead atoms. The Morgan fingerprint density at radius 1 is 1.00 bits per heavy atom. The number of benzene rings is 2. The van der Waals surface area contributed by atoms with E-state index < -0.39 is 40.7 Å². The van der Waals surface area contributed by atoms with Crippen LogP contribution in [0.15, 0.2) is 42.5 Å². The molecule has 2 amide bonds. The van der Waals surface area contributed by atoms with Crippen LogP contribution in [0, 0.1) is 17.5 Å². The molecule has 0 saturated heterocycles. The fourth-order valence-corrected chi connectivity index (χ4v) is 3.35. The summed E-state index contributed by atoms with van der Waals surface area (Å²) >= 11 is 0. The number of rotatable bonds is 5. The first-order valence-corrected chi connectivity index (χ1v) is 8.61. The molecule has 142 valence electrons. The van der Waals surface area contributed by atoms with Gasteiger partial charge in [-0.05, 0) is 48.2 Å². The number of carbonyl (C=O) groups is 2. The second-order valence-electron chi connectivity index (χ2n) is 6.64. The normalized spacial score (nSPS) is 16.1. The maximum Gasteiger partial charge on any atom is 0.246 e. The zero-order valence-electron chi connectivity index (χ0n) is 14.7. The van der Waals surface area contributed by atoms with Crippen molar-refractivity contribution in [1.29, 1.82) is 0 Å². The van der Waals surface area contributed by atoms with Gasteiger partial charge in [0.15, 0.2) is 11.6 Å². The number of carbonyl (C=O) groups excluding carboxylic acids is 2. The molecule has 7 heteroatoms. The van der Waals surface area contributed by atoms with Crippen molar-refractivity contribution in [3.05, 3.63) is 71.0 Å². The number of amides is 2. The van der Waals surface area contributed by atoms with Gasteiger partial charge in [0, 0.05) is 7.05 Å². The molecule has 1 unspecified atom stereocenters. The first-order chi connectivity index (χ1) is 12.9. The number of hydrogen-bond donors (Lipinski definition) is 2. The summed E-state index contributed by atoms with van der Waals surface area (Å²) in [6, 6.07) is 7.57. The number of halogens is 3. The highest BCUT2D eigenvalue weighted by molar-refractivity contribution is 5.94. The van der Waals surface area contributed by atoms with Crippen molar-refractivity contribution in [1.82, 2.24) is 10.6 Å². The Hall–Kier alpha value is -2.83. The summed E-state index contributed by atoms with van der Waals surface area (Å²) in [5.41, 5.74) is -0.0674. The molecule has 0 heterocycles. The first-order valence-electron chi connectivity index (χ1n) is 8.61. The summed E-state index contributed by atoms with van der Waals surface area (Å²) in [7, 11) is 1.39. The van der Waals surface area contributed by atoms with E-state index in [-0.39, 0.29) is 5.56 Å². The minimum absolute atomic E-state index is 0.134. The van der Waals surface area contributed by atoms with E-state index in [1.54, 1.807) is 12.1 Å². The molecule has 2 aromatic carbocycles. The van der Waals surface area contributed by atoms with Crippen LogP contribution in [0.2, 0.25) is 0 Å². The van der Waals surface area contributed by atoms with Crippen molar-refractivity contribution < 1.29 is 22.8 Å². The third-order valence-electron chi connectivity index (χ3n) is 5.10. The minimum atomic E-state index is -1.17. The van der Waals surface area contributed by atoms with Gasteiger partial charge in [0.25, 0.3) is 0 Å². The molecule has 2 aromatic rings. The summed E-state index contributed by atoms with van der Waals surface area (Å²) in [6.45, 7) is 0. The largest absolute Gasteiger partial charge is 0.357 e. The molecule has 1 saturated carbocycles. The average molecular weight is 376 g/mol. The highest BCUT2D eigenvalue weighted by Crippen LogP contribution is 2.44. The predicted molar refractivity (Wildman–Crippen MR) is 93.2 cm³/mol. The SMILES string of the molecule is CNC(=O)C(NC(=O)C1(c2ccc(F)cc2)CCC1)c1ccc(F)c(F)c1. The molecule has 0 aromatic heterocycles. The monoisotopic (exact) mass is 376 g/mol. The third-order valence-corrected chi connectivity index (χ3v) is 5.10. The van der Waals surface area contributed by atoms with E-state index in [0.717, 1.165) is 18.6 Å². The van der Waals surface area contributed by atoms with Crippen LogP contribution in [-0.2, 0) is 15.0 Å². The number of likely N-dealkylation sites (N-methyl/N-ethyl adjacent to an activating group) is 1. The van der Waals surface area contributed by atoms with Gasteiger partial charge in [-0.15, -0.1) is 0 Å². The molecule has 3 rings (SSSR count). The lowest BCUT2D eigenvalue weighted by Crippen LogP contribution is -2.52.